The summed E-state index contributed by atoms with van der Waals surface area (Å²) in [5.74, 6) is 4.10. The summed E-state index contributed by atoms with van der Waals surface area (Å²) in [6, 6.07) is 0. The van der Waals surface area contributed by atoms with Gasteiger partial charge in [-0.15, -0.1) is 17.8 Å². The molecule has 0 fully saturated rings. The standard InChI is InChI=1S/C14H21N5O2S2/c1-4-5-18(13(15)8-19(20)21)6-7-22-10-12-11-23-14(16-12)9-17(2)3/h1,8,11H,5-7,9-10,15H2,2-3H3. The number of nitrogens with two attached hydrogens (primary N) is 1. The molecule has 0 aliphatic heterocycles. The van der Waals surface area contributed by atoms with Crippen molar-refractivity contribution in [3.05, 3.63) is 38.2 Å². The molecule has 23 heavy (non-hydrogen) atoms. The zero-order valence-corrected chi connectivity index (χ0v) is 14.9. The van der Waals surface area contributed by atoms with Gasteiger partial charge in [0.25, 0.3) is 6.20 Å². The van der Waals surface area contributed by atoms with E-state index in [0.29, 0.717) is 6.54 Å². The minimum Gasteiger partial charge on any atom is -0.380 e. The molecule has 0 unspecified atom stereocenters. The summed E-state index contributed by atoms with van der Waals surface area (Å²) in [6.45, 7) is 1.65. The molecule has 126 valence electrons. The molecular weight excluding hydrogens is 334 g/mol. The van der Waals surface area contributed by atoms with Crippen molar-refractivity contribution in [1.82, 2.24) is 14.8 Å². The van der Waals surface area contributed by atoms with Crippen LogP contribution in [0.3, 0.4) is 0 Å². The molecule has 1 aromatic heterocycles. The molecule has 0 spiro atoms. The number of aromatic nitrogens is 1. The average Bonchev–Trinajstić information content (AvgIpc) is 2.88. The van der Waals surface area contributed by atoms with Crippen molar-refractivity contribution in [2.24, 2.45) is 5.73 Å². The quantitative estimate of drug-likeness (QED) is 0.294. The Balaban J connectivity index is 2.40. The van der Waals surface area contributed by atoms with Crippen molar-refractivity contribution in [3.8, 4) is 12.3 Å². The van der Waals surface area contributed by atoms with Gasteiger partial charge in [-0.1, -0.05) is 5.92 Å². The van der Waals surface area contributed by atoms with Gasteiger partial charge < -0.3 is 15.5 Å². The zero-order chi connectivity index (χ0) is 17.2. The Kier molecular flexibility index (Phi) is 8.47. The van der Waals surface area contributed by atoms with Crippen LogP contribution in [0.1, 0.15) is 10.7 Å². The summed E-state index contributed by atoms with van der Waals surface area (Å²) in [7, 11) is 4.03. The van der Waals surface area contributed by atoms with Crippen LogP contribution < -0.4 is 5.73 Å². The minimum atomic E-state index is -0.576. The van der Waals surface area contributed by atoms with E-state index in [0.717, 1.165) is 35.0 Å². The van der Waals surface area contributed by atoms with Crippen molar-refractivity contribution >= 4 is 23.1 Å². The monoisotopic (exact) mass is 355 g/mol. The van der Waals surface area contributed by atoms with E-state index >= 15 is 0 Å². The highest BCUT2D eigenvalue weighted by Gasteiger charge is 2.09. The molecule has 0 aromatic carbocycles. The van der Waals surface area contributed by atoms with Crippen LogP contribution in [0.4, 0.5) is 0 Å². The number of hydrogen-bond donors (Lipinski definition) is 1. The van der Waals surface area contributed by atoms with Gasteiger partial charge in [-0.3, -0.25) is 10.1 Å². The van der Waals surface area contributed by atoms with E-state index < -0.39 is 4.92 Å². The predicted molar refractivity (Wildman–Crippen MR) is 95.3 cm³/mol. The number of nitro groups is 1. The van der Waals surface area contributed by atoms with Crippen LogP contribution in [-0.2, 0) is 12.3 Å². The van der Waals surface area contributed by atoms with Gasteiger partial charge in [-0.25, -0.2) is 4.98 Å². The molecule has 0 saturated carbocycles. The third-order valence-corrected chi connectivity index (χ3v) is 4.54. The highest BCUT2D eigenvalue weighted by Crippen LogP contribution is 2.17. The maximum Gasteiger partial charge on any atom is 0.274 e. The van der Waals surface area contributed by atoms with Crippen molar-refractivity contribution in [1.29, 1.82) is 0 Å². The number of rotatable bonds is 10. The summed E-state index contributed by atoms with van der Waals surface area (Å²) in [6.07, 6.45) is 6.05. The molecular formula is C14H21N5O2S2. The van der Waals surface area contributed by atoms with Gasteiger partial charge in [0.05, 0.1) is 17.2 Å². The molecule has 0 bridgehead atoms. The molecule has 0 saturated heterocycles. The summed E-state index contributed by atoms with van der Waals surface area (Å²) in [5, 5.41) is 13.6. The van der Waals surface area contributed by atoms with Gasteiger partial charge >= 0.3 is 0 Å². The first-order valence-electron chi connectivity index (χ1n) is 6.87. The SMILES string of the molecule is C#CCN(CCSCc1csc(CN(C)C)n1)C(N)=C[N+](=O)[O-]. The second kappa shape index (κ2) is 10.1. The summed E-state index contributed by atoms with van der Waals surface area (Å²) < 4.78 is 0. The maximum atomic E-state index is 10.5. The lowest BCUT2D eigenvalue weighted by Crippen LogP contribution is -2.31. The van der Waals surface area contributed by atoms with Gasteiger partial charge in [0.15, 0.2) is 5.82 Å². The first-order valence-corrected chi connectivity index (χ1v) is 8.90. The Hall–Kier alpha value is -1.76. The van der Waals surface area contributed by atoms with Crippen LogP contribution >= 0.6 is 23.1 Å². The lowest BCUT2D eigenvalue weighted by molar-refractivity contribution is -0.404. The molecule has 2 N–H and O–H groups in total. The van der Waals surface area contributed by atoms with Crippen LogP contribution in [0.15, 0.2) is 17.4 Å². The van der Waals surface area contributed by atoms with Crippen molar-refractivity contribution in [2.75, 3.05) is 32.9 Å². The van der Waals surface area contributed by atoms with E-state index in [-0.39, 0.29) is 12.4 Å². The van der Waals surface area contributed by atoms with Gasteiger partial charge in [-0.05, 0) is 14.1 Å². The molecule has 0 aliphatic carbocycles. The average molecular weight is 355 g/mol. The van der Waals surface area contributed by atoms with E-state index in [9.17, 15) is 10.1 Å². The minimum absolute atomic E-state index is 0.0791. The fourth-order valence-corrected chi connectivity index (χ4v) is 3.58. The lowest BCUT2D eigenvalue weighted by atomic mass is 10.5. The van der Waals surface area contributed by atoms with E-state index in [1.165, 1.54) is 0 Å². The molecule has 0 amide bonds. The number of thioether (sulfide) groups is 1. The van der Waals surface area contributed by atoms with E-state index in [1.807, 2.05) is 14.1 Å². The van der Waals surface area contributed by atoms with Crippen molar-refractivity contribution in [3.63, 3.8) is 0 Å². The number of nitrogens with zero attached hydrogens (tertiary/aromatic N) is 4. The van der Waals surface area contributed by atoms with Gasteiger partial charge in [0, 0.05) is 30.0 Å². The highest BCUT2D eigenvalue weighted by atomic mass is 32.2. The lowest BCUT2D eigenvalue weighted by Gasteiger charge is -2.20. The van der Waals surface area contributed by atoms with Gasteiger partial charge in [0.1, 0.15) is 5.01 Å². The highest BCUT2D eigenvalue weighted by molar-refractivity contribution is 7.98. The van der Waals surface area contributed by atoms with Crippen LogP contribution in [0, 0.1) is 22.5 Å². The number of thiazole rings is 1. The number of terminal acetylenes is 1. The smallest absolute Gasteiger partial charge is 0.274 e. The second-order valence-corrected chi connectivity index (χ2v) is 7.04. The normalized spacial score (nSPS) is 11.5. The van der Waals surface area contributed by atoms with Crippen LogP contribution in [0.25, 0.3) is 0 Å². The van der Waals surface area contributed by atoms with Crippen LogP contribution in [0.5, 0.6) is 0 Å². The van der Waals surface area contributed by atoms with Gasteiger partial charge in [0.2, 0.25) is 0 Å². The molecule has 1 heterocycles. The fraction of sp³-hybridized carbons (Fsp3) is 0.500. The molecule has 7 nitrogen and oxygen atoms in total. The van der Waals surface area contributed by atoms with Crippen molar-refractivity contribution in [2.45, 2.75) is 12.3 Å². The molecule has 1 aromatic rings. The van der Waals surface area contributed by atoms with Crippen LogP contribution in [-0.4, -0.2) is 52.6 Å². The third kappa shape index (κ3) is 7.88. The number of hydrogen-bond acceptors (Lipinski definition) is 8. The largest absolute Gasteiger partial charge is 0.380 e. The maximum absolute atomic E-state index is 10.5. The van der Waals surface area contributed by atoms with Crippen LogP contribution in [0.2, 0.25) is 0 Å². The second-order valence-electron chi connectivity index (χ2n) is 4.99. The zero-order valence-electron chi connectivity index (χ0n) is 13.3. The first kappa shape index (κ1) is 19.3. The molecule has 0 atom stereocenters. The van der Waals surface area contributed by atoms with Crippen molar-refractivity contribution < 1.29 is 4.92 Å². The van der Waals surface area contributed by atoms with E-state index in [4.69, 9.17) is 12.2 Å². The first-order chi connectivity index (χ1) is 10.9. The Labute approximate surface area is 144 Å². The Morgan fingerprint density at radius 3 is 3.00 bits per heavy atom. The fourth-order valence-electron chi connectivity index (χ4n) is 1.71. The van der Waals surface area contributed by atoms with E-state index in [1.54, 1.807) is 28.0 Å². The molecule has 9 heteroatoms. The summed E-state index contributed by atoms with van der Waals surface area (Å²) in [4.78, 5) is 18.2. The Morgan fingerprint density at radius 2 is 2.39 bits per heavy atom. The molecule has 1 rings (SSSR count). The summed E-state index contributed by atoms with van der Waals surface area (Å²) >= 11 is 3.35. The molecule has 0 aliphatic rings. The predicted octanol–water partition coefficient (Wildman–Crippen LogP) is 1.41. The van der Waals surface area contributed by atoms with Gasteiger partial charge in [-0.2, -0.15) is 11.8 Å². The topological polar surface area (TPSA) is 88.5 Å². The Bertz CT molecular complexity index is 580. The Morgan fingerprint density at radius 1 is 1.65 bits per heavy atom. The third-order valence-electron chi connectivity index (χ3n) is 2.69. The van der Waals surface area contributed by atoms with E-state index in [2.05, 4.69) is 21.2 Å². The molecule has 0 radical (unpaired) electrons. The summed E-state index contributed by atoms with van der Waals surface area (Å²) in [5.41, 5.74) is 6.72.